The number of carbonyl (C=O) groups is 1. The topological polar surface area (TPSA) is 55.1 Å². The molecule has 5 heteroatoms. The first kappa shape index (κ1) is 15.7. The van der Waals surface area contributed by atoms with E-state index in [-0.39, 0.29) is 5.91 Å². The van der Waals surface area contributed by atoms with Gasteiger partial charge in [0.1, 0.15) is 0 Å². The summed E-state index contributed by atoms with van der Waals surface area (Å²) in [5.74, 6) is -0.0110. The third-order valence-corrected chi connectivity index (χ3v) is 5.60. The molecule has 1 amide bonds. The summed E-state index contributed by atoms with van der Waals surface area (Å²) in [7, 11) is 0. The van der Waals surface area contributed by atoms with Crippen molar-refractivity contribution in [3.8, 4) is 0 Å². The number of hydrogen-bond acceptors (Lipinski definition) is 3. The highest BCUT2D eigenvalue weighted by Gasteiger charge is 2.23. The molecule has 1 aromatic carbocycles. The first-order chi connectivity index (χ1) is 9.51. The van der Waals surface area contributed by atoms with Gasteiger partial charge in [0.15, 0.2) is 0 Å². The van der Waals surface area contributed by atoms with E-state index in [2.05, 4.69) is 27.5 Å². The Balaban J connectivity index is 2.02. The number of nitrogen functional groups attached to an aromatic ring is 1. The molecule has 3 nitrogen and oxygen atoms in total. The first-order valence-corrected chi connectivity index (χ1v) is 8.98. The highest BCUT2D eigenvalue weighted by atomic mass is 79.9. The summed E-state index contributed by atoms with van der Waals surface area (Å²) in [6, 6.07) is 3.97. The second-order valence-corrected chi connectivity index (χ2v) is 7.40. The van der Waals surface area contributed by atoms with E-state index in [0.29, 0.717) is 17.3 Å². The van der Waals surface area contributed by atoms with Crippen LogP contribution in [-0.2, 0) is 0 Å². The summed E-state index contributed by atoms with van der Waals surface area (Å²) in [6.07, 6.45) is 6.67. The molecule has 1 aliphatic rings. The van der Waals surface area contributed by atoms with Gasteiger partial charge in [-0.3, -0.25) is 4.79 Å². The van der Waals surface area contributed by atoms with Crippen LogP contribution in [0.15, 0.2) is 16.6 Å². The summed E-state index contributed by atoms with van der Waals surface area (Å²) in [5, 5.41) is 3.91. The Morgan fingerprint density at radius 1 is 1.35 bits per heavy atom. The maximum Gasteiger partial charge on any atom is 0.251 e. The number of nitrogens with one attached hydrogen (secondary N) is 1. The standard InChI is InChI=1S/C15H21BrN2OS/c1-9-13(7-10(16)8-14(9)17)15(19)18-11-3-5-12(20-2)6-4-11/h7-8,11-12H,3-6,17H2,1-2H3,(H,18,19). The number of rotatable bonds is 3. The lowest BCUT2D eigenvalue weighted by atomic mass is 9.94. The molecule has 110 valence electrons. The zero-order chi connectivity index (χ0) is 14.7. The van der Waals surface area contributed by atoms with E-state index in [0.717, 1.165) is 28.1 Å². The molecule has 0 saturated heterocycles. The van der Waals surface area contributed by atoms with Gasteiger partial charge in [0.2, 0.25) is 0 Å². The third kappa shape index (κ3) is 3.70. The molecule has 0 bridgehead atoms. The average molecular weight is 357 g/mol. The summed E-state index contributed by atoms with van der Waals surface area (Å²) in [5.41, 5.74) is 8.09. The van der Waals surface area contributed by atoms with Crippen molar-refractivity contribution in [2.75, 3.05) is 12.0 Å². The minimum atomic E-state index is -0.0110. The van der Waals surface area contributed by atoms with Crippen molar-refractivity contribution in [1.29, 1.82) is 0 Å². The molecule has 20 heavy (non-hydrogen) atoms. The van der Waals surface area contributed by atoms with Crippen LogP contribution in [0.25, 0.3) is 0 Å². The van der Waals surface area contributed by atoms with Crippen LogP contribution in [0.3, 0.4) is 0 Å². The highest BCUT2D eigenvalue weighted by Crippen LogP contribution is 2.28. The number of nitrogens with two attached hydrogens (primary N) is 1. The van der Waals surface area contributed by atoms with Crippen LogP contribution in [0.2, 0.25) is 0 Å². The third-order valence-electron chi connectivity index (χ3n) is 4.00. The van der Waals surface area contributed by atoms with Crippen molar-refractivity contribution < 1.29 is 4.79 Å². The van der Waals surface area contributed by atoms with Gasteiger partial charge in [-0.1, -0.05) is 15.9 Å². The van der Waals surface area contributed by atoms with Crippen molar-refractivity contribution in [3.05, 3.63) is 27.7 Å². The van der Waals surface area contributed by atoms with E-state index in [1.807, 2.05) is 30.8 Å². The number of anilines is 1. The van der Waals surface area contributed by atoms with Gasteiger partial charge in [-0.05, 0) is 56.6 Å². The lowest BCUT2D eigenvalue weighted by Gasteiger charge is -2.28. The van der Waals surface area contributed by atoms with Crippen LogP contribution in [0.5, 0.6) is 0 Å². The Bertz CT molecular complexity index is 499. The van der Waals surface area contributed by atoms with E-state index in [4.69, 9.17) is 5.73 Å². The van der Waals surface area contributed by atoms with Crippen LogP contribution < -0.4 is 11.1 Å². The minimum absolute atomic E-state index is 0.0110. The van der Waals surface area contributed by atoms with Crippen molar-refractivity contribution in [3.63, 3.8) is 0 Å². The SMILES string of the molecule is CSC1CCC(NC(=O)c2cc(Br)cc(N)c2C)CC1. The van der Waals surface area contributed by atoms with E-state index in [9.17, 15) is 4.79 Å². The Labute approximate surface area is 133 Å². The second-order valence-electron chi connectivity index (χ2n) is 5.35. The molecule has 1 saturated carbocycles. The van der Waals surface area contributed by atoms with Gasteiger partial charge < -0.3 is 11.1 Å². The van der Waals surface area contributed by atoms with Crippen LogP contribution in [0, 0.1) is 6.92 Å². The summed E-state index contributed by atoms with van der Waals surface area (Å²) >= 11 is 5.33. The number of halogens is 1. The Hall–Kier alpha value is -0.680. The van der Waals surface area contributed by atoms with Crippen LogP contribution >= 0.6 is 27.7 Å². The molecule has 0 aliphatic heterocycles. The van der Waals surface area contributed by atoms with Crippen molar-refractivity contribution in [2.45, 2.75) is 43.9 Å². The van der Waals surface area contributed by atoms with Gasteiger partial charge in [0.25, 0.3) is 5.91 Å². The number of carbonyl (C=O) groups excluding carboxylic acids is 1. The lowest BCUT2D eigenvalue weighted by Crippen LogP contribution is -2.38. The molecule has 1 aliphatic carbocycles. The zero-order valence-electron chi connectivity index (χ0n) is 11.9. The van der Waals surface area contributed by atoms with Crippen LogP contribution in [-0.4, -0.2) is 23.5 Å². The van der Waals surface area contributed by atoms with Crippen molar-refractivity contribution in [1.82, 2.24) is 5.32 Å². The maximum atomic E-state index is 12.4. The monoisotopic (exact) mass is 356 g/mol. The molecule has 2 rings (SSSR count). The van der Waals surface area contributed by atoms with Gasteiger partial charge >= 0.3 is 0 Å². The molecule has 3 N–H and O–H groups in total. The molecule has 0 aromatic heterocycles. The molecule has 0 atom stereocenters. The second kappa shape index (κ2) is 6.85. The Kier molecular flexibility index (Phi) is 5.38. The summed E-state index contributed by atoms with van der Waals surface area (Å²) < 4.78 is 0.844. The van der Waals surface area contributed by atoms with Crippen LogP contribution in [0.4, 0.5) is 5.69 Å². The Morgan fingerprint density at radius 3 is 2.60 bits per heavy atom. The van der Waals surface area contributed by atoms with E-state index in [1.54, 1.807) is 0 Å². The van der Waals surface area contributed by atoms with E-state index >= 15 is 0 Å². The fraction of sp³-hybridized carbons (Fsp3) is 0.533. The van der Waals surface area contributed by atoms with Gasteiger partial charge in [-0.25, -0.2) is 0 Å². The molecule has 0 spiro atoms. The summed E-state index contributed by atoms with van der Waals surface area (Å²) in [6.45, 7) is 1.89. The predicted octanol–water partition coefficient (Wildman–Crippen LogP) is 3.74. The van der Waals surface area contributed by atoms with Gasteiger partial charge in [-0.2, -0.15) is 11.8 Å². The largest absolute Gasteiger partial charge is 0.398 e. The van der Waals surface area contributed by atoms with E-state index in [1.165, 1.54) is 12.8 Å². The summed E-state index contributed by atoms with van der Waals surface area (Å²) in [4.78, 5) is 12.4. The zero-order valence-corrected chi connectivity index (χ0v) is 14.3. The number of hydrogen-bond donors (Lipinski definition) is 2. The average Bonchev–Trinajstić information content (AvgIpc) is 2.43. The first-order valence-electron chi connectivity index (χ1n) is 6.90. The van der Waals surface area contributed by atoms with Crippen molar-refractivity contribution in [2.24, 2.45) is 0 Å². The molecular weight excluding hydrogens is 336 g/mol. The molecule has 0 heterocycles. The van der Waals surface area contributed by atoms with Crippen LogP contribution in [0.1, 0.15) is 41.6 Å². The van der Waals surface area contributed by atoms with Gasteiger partial charge in [0, 0.05) is 27.0 Å². The molecule has 0 radical (unpaired) electrons. The normalized spacial score (nSPS) is 22.6. The molecule has 0 unspecified atom stereocenters. The fourth-order valence-electron chi connectivity index (χ4n) is 2.64. The number of benzene rings is 1. The van der Waals surface area contributed by atoms with Gasteiger partial charge in [-0.15, -0.1) is 0 Å². The smallest absolute Gasteiger partial charge is 0.251 e. The molecule has 1 aromatic rings. The molecular formula is C15H21BrN2OS. The number of thioether (sulfide) groups is 1. The Morgan fingerprint density at radius 2 is 2.00 bits per heavy atom. The quantitative estimate of drug-likeness (QED) is 0.811. The fourth-order valence-corrected chi connectivity index (χ4v) is 3.86. The van der Waals surface area contributed by atoms with Gasteiger partial charge in [0.05, 0.1) is 0 Å². The molecule has 1 fully saturated rings. The minimum Gasteiger partial charge on any atom is -0.398 e. The number of amides is 1. The predicted molar refractivity (Wildman–Crippen MR) is 90.3 cm³/mol. The van der Waals surface area contributed by atoms with E-state index < -0.39 is 0 Å². The lowest BCUT2D eigenvalue weighted by molar-refractivity contribution is 0.0927. The van der Waals surface area contributed by atoms with Crippen molar-refractivity contribution >= 4 is 39.3 Å². The maximum absolute atomic E-state index is 12.4. The highest BCUT2D eigenvalue weighted by molar-refractivity contribution is 9.10.